The molecule has 0 aliphatic rings. The topological polar surface area (TPSA) is 41.1 Å². The number of H-pyrrole nitrogens is 1. The highest BCUT2D eigenvalue weighted by atomic mass is 16.5. The van der Waals surface area contributed by atoms with Crippen LogP contribution in [0.1, 0.15) is 12.0 Å². The van der Waals surface area contributed by atoms with Crippen LogP contribution < -0.4 is 4.74 Å². The van der Waals surface area contributed by atoms with Gasteiger partial charge in [-0.25, -0.2) is 0 Å². The smallest absolute Gasteiger partial charge is 0.119 e. The van der Waals surface area contributed by atoms with Gasteiger partial charge in [0.25, 0.3) is 0 Å². The van der Waals surface area contributed by atoms with Gasteiger partial charge in [-0.05, 0) is 68.0 Å². The Morgan fingerprint density at radius 3 is 2.80 bits per heavy atom. The zero-order chi connectivity index (χ0) is 17.4. The zero-order valence-corrected chi connectivity index (χ0v) is 15.0. The van der Waals surface area contributed by atoms with E-state index in [0.717, 1.165) is 30.8 Å². The lowest BCUT2D eigenvalue weighted by Gasteiger charge is -2.11. The molecule has 4 nitrogen and oxygen atoms in total. The van der Waals surface area contributed by atoms with Crippen molar-refractivity contribution in [3.05, 3.63) is 48.3 Å². The zero-order valence-electron chi connectivity index (χ0n) is 15.0. The maximum Gasteiger partial charge on any atom is 0.119 e. The fourth-order valence-corrected chi connectivity index (χ4v) is 3.42. The number of aromatic amines is 1. The van der Waals surface area contributed by atoms with Crippen LogP contribution in [0.25, 0.3) is 32.6 Å². The SMILES string of the molecule is Cc1cncc2c1[nH]c1ccc3cc(OCCCN(C)C)ccc3c12. The highest BCUT2D eigenvalue weighted by Gasteiger charge is 2.10. The quantitative estimate of drug-likeness (QED) is 0.546. The maximum atomic E-state index is 5.92. The van der Waals surface area contributed by atoms with Crippen LogP contribution in [0.5, 0.6) is 5.75 Å². The third-order valence-corrected chi connectivity index (χ3v) is 4.67. The summed E-state index contributed by atoms with van der Waals surface area (Å²) in [6.45, 7) is 3.87. The van der Waals surface area contributed by atoms with Crippen molar-refractivity contribution < 1.29 is 4.74 Å². The Hall–Kier alpha value is -2.59. The number of nitrogens with one attached hydrogen (secondary N) is 1. The Bertz CT molecular complexity index is 1050. The van der Waals surface area contributed by atoms with Gasteiger partial charge >= 0.3 is 0 Å². The number of nitrogens with zero attached hydrogens (tertiary/aromatic N) is 2. The van der Waals surface area contributed by atoms with Gasteiger partial charge in [0.1, 0.15) is 5.75 Å². The number of hydrogen-bond acceptors (Lipinski definition) is 3. The number of aryl methyl sites for hydroxylation is 1. The van der Waals surface area contributed by atoms with Crippen molar-refractivity contribution in [2.75, 3.05) is 27.2 Å². The third-order valence-electron chi connectivity index (χ3n) is 4.67. The minimum atomic E-state index is 0.738. The van der Waals surface area contributed by atoms with Crippen molar-refractivity contribution in [3.63, 3.8) is 0 Å². The molecule has 0 fully saturated rings. The van der Waals surface area contributed by atoms with Crippen molar-refractivity contribution in [1.29, 1.82) is 0 Å². The van der Waals surface area contributed by atoms with Crippen LogP contribution in [-0.4, -0.2) is 42.1 Å². The monoisotopic (exact) mass is 333 g/mol. The summed E-state index contributed by atoms with van der Waals surface area (Å²) in [6.07, 6.45) is 4.88. The lowest BCUT2D eigenvalue weighted by molar-refractivity contribution is 0.282. The van der Waals surface area contributed by atoms with E-state index < -0.39 is 0 Å². The number of ether oxygens (including phenoxy) is 1. The fourth-order valence-electron chi connectivity index (χ4n) is 3.42. The molecular weight excluding hydrogens is 310 g/mol. The van der Waals surface area contributed by atoms with Crippen LogP contribution in [0, 0.1) is 6.92 Å². The Kier molecular flexibility index (Phi) is 4.06. The average Bonchev–Trinajstić information content (AvgIpc) is 2.99. The van der Waals surface area contributed by atoms with Crippen LogP contribution in [0.2, 0.25) is 0 Å². The number of benzene rings is 2. The molecule has 128 valence electrons. The molecule has 0 radical (unpaired) electrons. The second-order valence-electron chi connectivity index (χ2n) is 6.88. The first-order chi connectivity index (χ1) is 12.1. The minimum absolute atomic E-state index is 0.738. The molecule has 25 heavy (non-hydrogen) atoms. The lowest BCUT2D eigenvalue weighted by Crippen LogP contribution is -2.15. The van der Waals surface area contributed by atoms with Crippen molar-refractivity contribution in [1.82, 2.24) is 14.9 Å². The average molecular weight is 333 g/mol. The van der Waals surface area contributed by atoms with Crippen molar-refractivity contribution in [3.8, 4) is 5.75 Å². The van der Waals surface area contributed by atoms with E-state index in [1.54, 1.807) is 0 Å². The van der Waals surface area contributed by atoms with Gasteiger partial charge < -0.3 is 14.6 Å². The van der Waals surface area contributed by atoms with Gasteiger partial charge in [0, 0.05) is 35.2 Å². The molecule has 4 heteroatoms. The predicted octanol–water partition coefficient (Wildman–Crippen LogP) is 4.51. The number of rotatable bonds is 5. The molecule has 0 amide bonds. The van der Waals surface area contributed by atoms with Crippen LogP contribution >= 0.6 is 0 Å². The summed E-state index contributed by atoms with van der Waals surface area (Å²) in [4.78, 5) is 10.1. The Balaban J connectivity index is 1.73. The molecular formula is C21H23N3O. The van der Waals surface area contributed by atoms with E-state index in [9.17, 15) is 0 Å². The van der Waals surface area contributed by atoms with Crippen LogP contribution in [0.4, 0.5) is 0 Å². The van der Waals surface area contributed by atoms with E-state index in [1.165, 1.54) is 32.6 Å². The molecule has 0 saturated heterocycles. The number of pyridine rings is 1. The number of fused-ring (bicyclic) bond motifs is 5. The molecule has 2 aromatic heterocycles. The molecule has 2 aromatic carbocycles. The second-order valence-corrected chi connectivity index (χ2v) is 6.88. The summed E-state index contributed by atoms with van der Waals surface area (Å²) in [5.41, 5.74) is 3.49. The Morgan fingerprint density at radius 1 is 1.08 bits per heavy atom. The first-order valence-electron chi connectivity index (χ1n) is 8.70. The highest BCUT2D eigenvalue weighted by molar-refractivity contribution is 6.20. The van der Waals surface area contributed by atoms with Gasteiger partial charge in [-0.15, -0.1) is 0 Å². The minimum Gasteiger partial charge on any atom is -0.494 e. The van der Waals surface area contributed by atoms with E-state index in [-0.39, 0.29) is 0 Å². The molecule has 0 saturated carbocycles. The predicted molar refractivity (Wildman–Crippen MR) is 105 cm³/mol. The molecule has 1 N–H and O–H groups in total. The lowest BCUT2D eigenvalue weighted by atomic mass is 10.0. The first-order valence-corrected chi connectivity index (χ1v) is 8.70. The maximum absolute atomic E-state index is 5.92. The first kappa shape index (κ1) is 15.9. The van der Waals surface area contributed by atoms with Gasteiger partial charge in [0.15, 0.2) is 0 Å². The summed E-state index contributed by atoms with van der Waals surface area (Å²) in [7, 11) is 4.16. The standard InChI is InChI=1S/C21H23N3O/c1-14-12-22-13-18-20-17-7-6-16(25-10-4-9-24(2)3)11-15(17)5-8-19(20)23-21(14)18/h5-8,11-13,23H,4,9-10H2,1-3H3. The summed E-state index contributed by atoms with van der Waals surface area (Å²) in [5, 5.41) is 4.85. The van der Waals surface area contributed by atoms with Crippen molar-refractivity contribution in [2.24, 2.45) is 0 Å². The highest BCUT2D eigenvalue weighted by Crippen LogP contribution is 2.34. The van der Waals surface area contributed by atoms with Crippen molar-refractivity contribution in [2.45, 2.75) is 13.3 Å². The molecule has 0 aliphatic heterocycles. The number of aromatic nitrogens is 2. The molecule has 4 aromatic rings. The molecule has 0 atom stereocenters. The second kappa shape index (κ2) is 6.37. The molecule has 2 heterocycles. The van der Waals surface area contributed by atoms with Gasteiger partial charge in [0.2, 0.25) is 0 Å². The van der Waals surface area contributed by atoms with E-state index in [2.05, 4.69) is 66.2 Å². The number of hydrogen-bond donors (Lipinski definition) is 1. The molecule has 0 unspecified atom stereocenters. The van der Waals surface area contributed by atoms with E-state index in [4.69, 9.17) is 4.74 Å². The normalized spacial score (nSPS) is 11.8. The van der Waals surface area contributed by atoms with Gasteiger partial charge in [0.05, 0.1) is 12.1 Å². The van der Waals surface area contributed by atoms with Crippen molar-refractivity contribution >= 4 is 32.6 Å². The molecule has 0 spiro atoms. The Morgan fingerprint density at radius 2 is 1.96 bits per heavy atom. The Labute approximate surface area is 147 Å². The molecule has 0 bridgehead atoms. The third kappa shape index (κ3) is 2.94. The van der Waals surface area contributed by atoms with E-state index >= 15 is 0 Å². The summed E-state index contributed by atoms with van der Waals surface area (Å²) in [5.74, 6) is 0.930. The summed E-state index contributed by atoms with van der Waals surface area (Å²) < 4.78 is 5.92. The van der Waals surface area contributed by atoms with Gasteiger partial charge in [-0.1, -0.05) is 6.07 Å². The van der Waals surface area contributed by atoms with Gasteiger partial charge in [-0.2, -0.15) is 0 Å². The fraction of sp³-hybridized carbons (Fsp3) is 0.286. The van der Waals surface area contributed by atoms with Gasteiger partial charge in [-0.3, -0.25) is 4.98 Å². The molecule has 0 aliphatic carbocycles. The van der Waals surface area contributed by atoms with E-state index in [1.807, 2.05) is 12.4 Å². The van der Waals surface area contributed by atoms with Crippen LogP contribution in [-0.2, 0) is 0 Å². The van der Waals surface area contributed by atoms with E-state index in [0.29, 0.717) is 0 Å². The molecule has 4 rings (SSSR count). The summed E-state index contributed by atoms with van der Waals surface area (Å²) >= 11 is 0. The largest absolute Gasteiger partial charge is 0.494 e. The van der Waals surface area contributed by atoms with Crippen LogP contribution in [0.15, 0.2) is 42.7 Å². The summed E-state index contributed by atoms with van der Waals surface area (Å²) in [6, 6.07) is 10.7. The van der Waals surface area contributed by atoms with Crippen LogP contribution in [0.3, 0.4) is 0 Å².